The number of carbonyl (C=O) groups excluding carboxylic acids is 1. The molecule has 0 aliphatic heterocycles. The monoisotopic (exact) mass is 262 g/mol. The minimum absolute atomic E-state index is 0.102. The summed E-state index contributed by atoms with van der Waals surface area (Å²) in [6, 6.07) is 3.63. The Morgan fingerprint density at radius 2 is 2.05 bits per heavy atom. The summed E-state index contributed by atoms with van der Waals surface area (Å²) in [4.78, 5) is 16.3. The Morgan fingerprint density at radius 1 is 1.32 bits per heavy atom. The van der Waals surface area contributed by atoms with Crippen LogP contribution in [0.3, 0.4) is 0 Å². The Hall–Kier alpha value is -1.58. The molecule has 1 saturated carbocycles. The van der Waals surface area contributed by atoms with Gasteiger partial charge in [0.25, 0.3) is 0 Å². The average Bonchev–Trinajstić information content (AvgIpc) is 2.41. The van der Waals surface area contributed by atoms with Crippen molar-refractivity contribution in [1.82, 2.24) is 4.98 Å². The summed E-state index contributed by atoms with van der Waals surface area (Å²) in [5.41, 5.74) is 0. The lowest BCUT2D eigenvalue weighted by Crippen LogP contribution is -2.25. The van der Waals surface area contributed by atoms with Crippen molar-refractivity contribution in [2.75, 3.05) is 5.32 Å². The van der Waals surface area contributed by atoms with Gasteiger partial charge in [-0.1, -0.05) is 19.3 Å². The number of anilines is 1. The third-order valence-electron chi connectivity index (χ3n) is 3.34. The molecule has 0 radical (unpaired) electrons. The zero-order valence-corrected chi connectivity index (χ0v) is 11.7. The molecule has 1 aromatic heterocycles. The number of nitrogens with one attached hydrogen (secondary N) is 1. The number of aromatic nitrogens is 1. The molecular formula is C15H22N2O2. The number of ether oxygens (including phenoxy) is 1. The highest BCUT2D eigenvalue weighted by molar-refractivity contribution is 5.91. The van der Waals surface area contributed by atoms with E-state index >= 15 is 0 Å². The summed E-state index contributed by atoms with van der Waals surface area (Å²) >= 11 is 0. The van der Waals surface area contributed by atoms with Crippen molar-refractivity contribution in [2.24, 2.45) is 5.92 Å². The van der Waals surface area contributed by atoms with Crippen LogP contribution < -0.4 is 10.1 Å². The minimum Gasteiger partial charge on any atom is -0.489 e. The summed E-state index contributed by atoms with van der Waals surface area (Å²) in [5, 5.41) is 2.89. The predicted octanol–water partition coefficient (Wildman–Crippen LogP) is 3.39. The smallest absolute Gasteiger partial charge is 0.228 e. The number of nitrogens with zero attached hydrogens (tertiary/aromatic N) is 1. The van der Waals surface area contributed by atoms with E-state index in [0.29, 0.717) is 5.82 Å². The largest absolute Gasteiger partial charge is 0.489 e. The van der Waals surface area contributed by atoms with Gasteiger partial charge in [0.05, 0.1) is 12.3 Å². The summed E-state index contributed by atoms with van der Waals surface area (Å²) in [5.74, 6) is 1.59. The number of rotatable bonds is 4. The summed E-state index contributed by atoms with van der Waals surface area (Å²) < 4.78 is 5.52. The van der Waals surface area contributed by atoms with Gasteiger partial charge in [0.2, 0.25) is 5.91 Å². The van der Waals surface area contributed by atoms with Crippen molar-refractivity contribution >= 4 is 11.7 Å². The zero-order valence-electron chi connectivity index (χ0n) is 11.7. The molecule has 4 nitrogen and oxygen atoms in total. The fourth-order valence-corrected chi connectivity index (χ4v) is 2.39. The van der Waals surface area contributed by atoms with E-state index in [-0.39, 0.29) is 17.9 Å². The Balaban J connectivity index is 1.89. The molecule has 0 unspecified atom stereocenters. The molecule has 1 heterocycles. The van der Waals surface area contributed by atoms with Gasteiger partial charge in [-0.25, -0.2) is 4.98 Å². The van der Waals surface area contributed by atoms with Crippen LogP contribution in [-0.2, 0) is 4.79 Å². The molecule has 19 heavy (non-hydrogen) atoms. The van der Waals surface area contributed by atoms with Crippen LogP contribution in [0.25, 0.3) is 0 Å². The number of pyridine rings is 1. The van der Waals surface area contributed by atoms with Crippen LogP contribution >= 0.6 is 0 Å². The van der Waals surface area contributed by atoms with Crippen molar-refractivity contribution < 1.29 is 9.53 Å². The Kier molecular flexibility index (Phi) is 4.77. The van der Waals surface area contributed by atoms with E-state index in [1.165, 1.54) is 6.42 Å². The second-order valence-corrected chi connectivity index (χ2v) is 5.37. The number of hydrogen-bond acceptors (Lipinski definition) is 3. The molecule has 0 aromatic carbocycles. The van der Waals surface area contributed by atoms with Crippen molar-refractivity contribution in [3.8, 4) is 5.75 Å². The highest BCUT2D eigenvalue weighted by atomic mass is 16.5. The van der Waals surface area contributed by atoms with Crippen LogP contribution in [0.1, 0.15) is 46.0 Å². The average molecular weight is 262 g/mol. The van der Waals surface area contributed by atoms with Gasteiger partial charge in [0.1, 0.15) is 11.6 Å². The maximum absolute atomic E-state index is 12.0. The molecule has 104 valence electrons. The fraction of sp³-hybridized carbons (Fsp3) is 0.600. The van der Waals surface area contributed by atoms with E-state index < -0.39 is 0 Å². The first-order chi connectivity index (χ1) is 9.15. The second-order valence-electron chi connectivity index (χ2n) is 5.37. The summed E-state index contributed by atoms with van der Waals surface area (Å²) in [6.07, 6.45) is 7.35. The molecule has 1 aromatic rings. The zero-order chi connectivity index (χ0) is 13.7. The van der Waals surface area contributed by atoms with Crippen LogP contribution in [0, 0.1) is 5.92 Å². The molecule has 0 saturated heterocycles. The molecule has 1 aliphatic rings. The molecule has 1 aliphatic carbocycles. The molecule has 1 fully saturated rings. The third-order valence-corrected chi connectivity index (χ3v) is 3.34. The molecule has 4 heteroatoms. The Labute approximate surface area is 114 Å². The standard InChI is InChI=1S/C15H22N2O2/c1-11(2)19-13-8-9-14(16-10-13)17-15(18)12-6-4-3-5-7-12/h8-12H,3-7H2,1-2H3,(H,16,17,18). The van der Waals surface area contributed by atoms with Crippen LogP contribution in [-0.4, -0.2) is 17.0 Å². The van der Waals surface area contributed by atoms with Gasteiger partial charge in [0.15, 0.2) is 0 Å². The fourth-order valence-electron chi connectivity index (χ4n) is 2.39. The van der Waals surface area contributed by atoms with E-state index in [4.69, 9.17) is 4.74 Å². The van der Waals surface area contributed by atoms with Gasteiger partial charge in [-0.2, -0.15) is 0 Å². The minimum atomic E-state index is 0.102. The van der Waals surface area contributed by atoms with Crippen LogP contribution in [0.2, 0.25) is 0 Å². The predicted molar refractivity (Wildman–Crippen MR) is 75.2 cm³/mol. The topological polar surface area (TPSA) is 51.2 Å². The first kappa shape index (κ1) is 13.8. The number of carbonyl (C=O) groups is 1. The van der Waals surface area contributed by atoms with E-state index in [0.717, 1.165) is 31.4 Å². The lowest BCUT2D eigenvalue weighted by molar-refractivity contribution is -0.120. The maximum atomic E-state index is 12.0. The van der Waals surface area contributed by atoms with Gasteiger partial charge in [-0.15, -0.1) is 0 Å². The van der Waals surface area contributed by atoms with Crippen molar-refractivity contribution in [2.45, 2.75) is 52.1 Å². The molecule has 0 bridgehead atoms. The van der Waals surface area contributed by atoms with Gasteiger partial charge in [-0.05, 0) is 38.8 Å². The normalized spacial score (nSPS) is 16.4. The van der Waals surface area contributed by atoms with Crippen molar-refractivity contribution in [3.05, 3.63) is 18.3 Å². The van der Waals surface area contributed by atoms with E-state index in [1.54, 1.807) is 12.3 Å². The van der Waals surface area contributed by atoms with Crippen molar-refractivity contribution in [3.63, 3.8) is 0 Å². The summed E-state index contributed by atoms with van der Waals surface area (Å²) in [7, 11) is 0. The van der Waals surface area contributed by atoms with Gasteiger partial charge in [0, 0.05) is 5.92 Å². The van der Waals surface area contributed by atoms with Gasteiger partial charge >= 0.3 is 0 Å². The van der Waals surface area contributed by atoms with E-state index in [2.05, 4.69) is 10.3 Å². The van der Waals surface area contributed by atoms with Gasteiger partial charge < -0.3 is 10.1 Å². The van der Waals surface area contributed by atoms with Gasteiger partial charge in [-0.3, -0.25) is 4.79 Å². The molecule has 0 spiro atoms. The Bertz CT molecular complexity index is 409. The second kappa shape index (κ2) is 6.55. The van der Waals surface area contributed by atoms with E-state index in [9.17, 15) is 4.79 Å². The highest BCUT2D eigenvalue weighted by Gasteiger charge is 2.21. The lowest BCUT2D eigenvalue weighted by Gasteiger charge is -2.20. The Morgan fingerprint density at radius 3 is 2.63 bits per heavy atom. The molecule has 2 rings (SSSR count). The molecule has 0 atom stereocenters. The highest BCUT2D eigenvalue weighted by Crippen LogP contribution is 2.24. The number of amides is 1. The first-order valence-electron chi connectivity index (χ1n) is 7.08. The number of hydrogen-bond donors (Lipinski definition) is 1. The van der Waals surface area contributed by atoms with E-state index in [1.807, 2.05) is 19.9 Å². The SMILES string of the molecule is CC(C)Oc1ccc(NC(=O)C2CCCCC2)nc1. The van der Waals surface area contributed by atoms with Crippen LogP contribution in [0.5, 0.6) is 5.75 Å². The molecular weight excluding hydrogens is 240 g/mol. The first-order valence-corrected chi connectivity index (χ1v) is 7.08. The van der Waals surface area contributed by atoms with Crippen molar-refractivity contribution in [1.29, 1.82) is 0 Å². The lowest BCUT2D eigenvalue weighted by atomic mass is 9.89. The molecule has 1 N–H and O–H groups in total. The quantitative estimate of drug-likeness (QED) is 0.905. The maximum Gasteiger partial charge on any atom is 0.228 e. The summed E-state index contributed by atoms with van der Waals surface area (Å²) in [6.45, 7) is 3.94. The third kappa shape index (κ3) is 4.23. The van der Waals surface area contributed by atoms with Crippen LogP contribution in [0.4, 0.5) is 5.82 Å². The van der Waals surface area contributed by atoms with Crippen LogP contribution in [0.15, 0.2) is 18.3 Å². The molecule has 1 amide bonds.